The van der Waals surface area contributed by atoms with Crippen LogP contribution in [0.25, 0.3) is 34.0 Å². The lowest BCUT2D eigenvalue weighted by Gasteiger charge is -1.99. The molecule has 0 aliphatic heterocycles. The number of nitrogens with zero attached hydrogens (tertiary/aromatic N) is 2. The van der Waals surface area contributed by atoms with Gasteiger partial charge in [0.15, 0.2) is 0 Å². The molecule has 0 amide bonds. The number of hydrogen-bond acceptors (Lipinski definition) is 6. The highest BCUT2D eigenvalue weighted by Crippen LogP contribution is 2.23. The van der Waals surface area contributed by atoms with Crippen LogP contribution >= 0.6 is 0 Å². The topological polar surface area (TPSA) is 96.6 Å². The smallest absolute Gasteiger partial charge is 0.340 e. The fraction of sp³-hybridized carbons (Fsp3) is 0.0526. The van der Waals surface area contributed by atoms with E-state index in [4.69, 9.17) is 9.47 Å². The van der Waals surface area contributed by atoms with Gasteiger partial charge >= 0.3 is 11.9 Å². The van der Waals surface area contributed by atoms with Crippen molar-refractivity contribution in [1.29, 1.82) is 0 Å². The van der Waals surface area contributed by atoms with Crippen LogP contribution < -0.4 is 0 Å². The van der Waals surface area contributed by atoms with Crippen molar-refractivity contribution >= 4 is 57.7 Å². The molecular weight excluding hydrogens is 580 g/mol. The third-order valence-electron chi connectivity index (χ3n) is 7.15. The van der Waals surface area contributed by atoms with Crippen LogP contribution in [0.1, 0.15) is 41.4 Å². The molecule has 0 N–H and O–H groups in total. The Morgan fingerprint density at radius 2 is 0.848 bits per heavy atom. The van der Waals surface area contributed by atoms with Crippen LogP contribution in [0.3, 0.4) is 0 Å². The van der Waals surface area contributed by atoms with Gasteiger partial charge < -0.3 is 9.47 Å². The molecule has 0 saturated heterocycles. The van der Waals surface area contributed by atoms with Gasteiger partial charge in [0.1, 0.15) is 0 Å². The Morgan fingerprint density at radius 1 is 0.500 bits per heavy atom. The molecular formula is C38H30N2O6. The Kier molecular flexibility index (Phi) is 9.79. The molecule has 6 aromatic rings. The van der Waals surface area contributed by atoms with E-state index in [-0.39, 0.29) is 11.8 Å². The van der Waals surface area contributed by atoms with Crippen molar-refractivity contribution in [2.75, 3.05) is 14.2 Å². The molecule has 0 saturated carbocycles. The van der Waals surface area contributed by atoms with E-state index in [1.165, 1.54) is 47.9 Å². The van der Waals surface area contributed by atoms with Crippen LogP contribution in [0.2, 0.25) is 0 Å². The number of ether oxygens (including phenoxy) is 2. The SMILES string of the molecule is COC(=O)c1cn(C(=O)/C=C/c2ccccc2)c2ccccc12.COC(=O)c1cn(C(=O)/C=C/c2ccccc2)c2ccccc12. The number of esters is 2. The van der Waals surface area contributed by atoms with Crippen molar-refractivity contribution in [3.05, 3.63) is 156 Å². The molecule has 8 heteroatoms. The maximum absolute atomic E-state index is 12.5. The largest absolute Gasteiger partial charge is 0.465 e. The summed E-state index contributed by atoms with van der Waals surface area (Å²) in [6, 6.07) is 33.6. The van der Waals surface area contributed by atoms with Crippen molar-refractivity contribution in [3.63, 3.8) is 0 Å². The van der Waals surface area contributed by atoms with E-state index < -0.39 is 11.9 Å². The molecule has 0 radical (unpaired) electrons. The molecule has 2 aromatic heterocycles. The molecule has 228 valence electrons. The highest BCUT2D eigenvalue weighted by molar-refractivity contribution is 6.10. The summed E-state index contributed by atoms with van der Waals surface area (Å²) >= 11 is 0. The number of hydrogen-bond donors (Lipinski definition) is 0. The third kappa shape index (κ3) is 6.92. The first-order valence-electron chi connectivity index (χ1n) is 14.3. The second kappa shape index (κ2) is 14.5. The fourth-order valence-corrected chi connectivity index (χ4v) is 4.89. The van der Waals surface area contributed by atoms with Crippen LogP contribution in [0.15, 0.2) is 134 Å². The molecule has 0 unspecified atom stereocenters. The molecule has 46 heavy (non-hydrogen) atoms. The van der Waals surface area contributed by atoms with Crippen LogP contribution in [0.5, 0.6) is 0 Å². The second-order valence-corrected chi connectivity index (χ2v) is 10.0. The van der Waals surface area contributed by atoms with Crippen molar-refractivity contribution in [1.82, 2.24) is 9.13 Å². The van der Waals surface area contributed by atoms with Gasteiger partial charge in [-0.05, 0) is 35.4 Å². The highest BCUT2D eigenvalue weighted by Gasteiger charge is 2.18. The van der Waals surface area contributed by atoms with Gasteiger partial charge in [-0.15, -0.1) is 0 Å². The zero-order chi connectivity index (χ0) is 32.5. The molecule has 4 aromatic carbocycles. The standard InChI is InChI=1S/2C19H15NO3/c2*1-23-19(22)16-13-20(17-10-6-5-9-15(16)17)18(21)12-11-14-7-3-2-4-8-14/h2*2-13H,1H3/b2*12-11+. The maximum Gasteiger partial charge on any atom is 0.340 e. The van der Waals surface area contributed by atoms with E-state index in [9.17, 15) is 19.2 Å². The quantitative estimate of drug-likeness (QED) is 0.143. The first-order valence-corrected chi connectivity index (χ1v) is 14.3. The summed E-state index contributed by atoms with van der Waals surface area (Å²) in [6.45, 7) is 0. The molecule has 0 atom stereocenters. The molecule has 0 aliphatic rings. The average molecular weight is 611 g/mol. The molecule has 2 heterocycles. The minimum absolute atomic E-state index is 0.222. The van der Waals surface area contributed by atoms with Crippen LogP contribution in [-0.4, -0.2) is 47.1 Å². The van der Waals surface area contributed by atoms with Crippen LogP contribution in [-0.2, 0) is 9.47 Å². The van der Waals surface area contributed by atoms with Crippen molar-refractivity contribution in [2.24, 2.45) is 0 Å². The summed E-state index contributed by atoms with van der Waals surface area (Å²) in [6.07, 6.45) is 9.51. The molecule has 6 rings (SSSR count). The van der Waals surface area contributed by atoms with Gasteiger partial charge in [0, 0.05) is 35.3 Å². The van der Waals surface area contributed by atoms with Gasteiger partial charge in [0.25, 0.3) is 11.8 Å². The molecule has 0 aliphatic carbocycles. The summed E-state index contributed by atoms with van der Waals surface area (Å²) < 4.78 is 12.5. The van der Waals surface area contributed by atoms with Crippen molar-refractivity contribution in [3.8, 4) is 0 Å². The minimum Gasteiger partial charge on any atom is -0.465 e. The summed E-state index contributed by atoms with van der Waals surface area (Å²) in [5, 5.41) is 1.39. The summed E-state index contributed by atoms with van der Waals surface area (Å²) in [7, 11) is 2.65. The average Bonchev–Trinajstić information content (AvgIpc) is 3.70. The second-order valence-electron chi connectivity index (χ2n) is 10.0. The number of methoxy groups -OCH3 is 2. The molecule has 8 nitrogen and oxygen atoms in total. The predicted octanol–water partition coefficient (Wildman–Crippen LogP) is 7.56. The van der Waals surface area contributed by atoms with Crippen molar-refractivity contribution < 1.29 is 28.7 Å². The number of benzene rings is 4. The van der Waals surface area contributed by atoms with E-state index in [0.29, 0.717) is 32.9 Å². The van der Waals surface area contributed by atoms with Gasteiger partial charge in [0.05, 0.1) is 36.4 Å². The number of allylic oxidation sites excluding steroid dienone is 2. The number of carbonyl (C=O) groups excluding carboxylic acids is 4. The number of carbonyl (C=O) groups is 4. The van der Waals surface area contributed by atoms with Gasteiger partial charge in [0.2, 0.25) is 0 Å². The Balaban J connectivity index is 0.000000181. The number of para-hydroxylation sites is 2. The minimum atomic E-state index is -0.459. The summed E-state index contributed by atoms with van der Waals surface area (Å²) in [5.41, 5.74) is 3.98. The van der Waals surface area contributed by atoms with Crippen molar-refractivity contribution in [2.45, 2.75) is 0 Å². The molecule has 0 bridgehead atoms. The van der Waals surface area contributed by atoms with Gasteiger partial charge in [-0.2, -0.15) is 0 Å². The Labute approximate surface area is 265 Å². The van der Waals surface area contributed by atoms with E-state index in [1.54, 1.807) is 36.4 Å². The van der Waals surface area contributed by atoms with E-state index in [0.717, 1.165) is 11.1 Å². The predicted molar refractivity (Wildman–Crippen MR) is 179 cm³/mol. The lowest BCUT2D eigenvalue weighted by atomic mass is 10.2. The molecule has 0 fully saturated rings. The number of aromatic nitrogens is 2. The fourth-order valence-electron chi connectivity index (χ4n) is 4.89. The summed E-state index contributed by atoms with van der Waals surface area (Å²) in [4.78, 5) is 48.7. The Bertz CT molecular complexity index is 1930. The number of rotatable bonds is 6. The highest BCUT2D eigenvalue weighted by atomic mass is 16.5. The Morgan fingerprint density at radius 3 is 1.22 bits per heavy atom. The van der Waals surface area contributed by atoms with Crippen LogP contribution in [0.4, 0.5) is 0 Å². The maximum atomic E-state index is 12.5. The van der Waals surface area contributed by atoms with E-state index in [2.05, 4.69) is 0 Å². The van der Waals surface area contributed by atoms with Gasteiger partial charge in [-0.25, -0.2) is 9.59 Å². The van der Waals surface area contributed by atoms with Gasteiger partial charge in [-0.1, -0.05) is 97.1 Å². The normalized spacial score (nSPS) is 11.0. The molecule has 0 spiro atoms. The lowest BCUT2D eigenvalue weighted by Crippen LogP contribution is -2.06. The zero-order valence-electron chi connectivity index (χ0n) is 25.2. The zero-order valence-corrected chi connectivity index (χ0v) is 25.2. The Hall–Kier alpha value is -6.28. The number of fused-ring (bicyclic) bond motifs is 2. The van der Waals surface area contributed by atoms with Crippen LogP contribution in [0, 0.1) is 0 Å². The first kappa shape index (κ1) is 31.2. The van der Waals surface area contributed by atoms with Gasteiger partial charge in [-0.3, -0.25) is 18.7 Å². The van der Waals surface area contributed by atoms with E-state index in [1.807, 2.05) is 84.9 Å². The first-order chi connectivity index (χ1) is 22.4. The summed E-state index contributed by atoms with van der Waals surface area (Å²) in [5.74, 6) is -1.36. The lowest BCUT2D eigenvalue weighted by molar-refractivity contribution is 0.0593. The van der Waals surface area contributed by atoms with E-state index >= 15 is 0 Å². The third-order valence-corrected chi connectivity index (χ3v) is 7.15. The monoisotopic (exact) mass is 610 g/mol.